The Morgan fingerprint density at radius 1 is 1.35 bits per heavy atom. The van der Waals surface area contributed by atoms with E-state index >= 15 is 0 Å². The Bertz CT molecular complexity index is 456. The van der Waals surface area contributed by atoms with Crippen molar-refractivity contribution in [1.29, 1.82) is 0 Å². The Hall–Kier alpha value is -1.84. The Morgan fingerprint density at radius 2 is 2.06 bits per heavy atom. The Kier molecular flexibility index (Phi) is 3.13. The fraction of sp³-hybridized carbons (Fsp3) is 0.385. The zero-order valence-corrected chi connectivity index (χ0v) is 10.1. The Balaban J connectivity index is 2.43. The third-order valence-electron chi connectivity index (χ3n) is 3.06. The molecule has 1 unspecified atom stereocenters. The van der Waals surface area contributed by atoms with Crippen LogP contribution in [0.25, 0.3) is 0 Å². The summed E-state index contributed by atoms with van der Waals surface area (Å²) in [7, 11) is 0. The molecule has 1 aromatic rings. The van der Waals surface area contributed by atoms with Crippen molar-refractivity contribution in [2.24, 2.45) is 0 Å². The van der Waals surface area contributed by atoms with Crippen LogP contribution in [0.5, 0.6) is 0 Å². The molecule has 2 amide bonds. The summed E-state index contributed by atoms with van der Waals surface area (Å²) in [4.78, 5) is 25.4. The van der Waals surface area contributed by atoms with Gasteiger partial charge in [0.25, 0.3) is 0 Å². The lowest BCUT2D eigenvalue weighted by atomic mass is 10.1. The third kappa shape index (κ3) is 2.02. The highest BCUT2D eigenvalue weighted by atomic mass is 16.2. The molecule has 1 aliphatic rings. The number of amides is 2. The van der Waals surface area contributed by atoms with Crippen LogP contribution in [0.4, 0.5) is 5.69 Å². The molecule has 1 heterocycles. The summed E-state index contributed by atoms with van der Waals surface area (Å²) < 4.78 is 0. The van der Waals surface area contributed by atoms with Crippen LogP contribution in [0.3, 0.4) is 0 Å². The van der Waals surface area contributed by atoms with E-state index in [1.54, 1.807) is 4.90 Å². The van der Waals surface area contributed by atoms with Gasteiger partial charge in [0.1, 0.15) is 6.04 Å². The lowest BCUT2D eigenvalue weighted by molar-refractivity contribution is -0.131. The van der Waals surface area contributed by atoms with Crippen LogP contribution in [0.2, 0.25) is 0 Å². The molecule has 0 saturated carbocycles. The van der Waals surface area contributed by atoms with E-state index in [1.807, 2.05) is 38.1 Å². The molecular weight excluding hydrogens is 216 g/mol. The van der Waals surface area contributed by atoms with Gasteiger partial charge in [-0.2, -0.15) is 0 Å². The molecule has 4 heteroatoms. The number of nitrogens with zero attached hydrogens (tertiary/aromatic N) is 1. The van der Waals surface area contributed by atoms with E-state index in [4.69, 9.17) is 0 Å². The average Bonchev–Trinajstić information content (AvgIpc) is 2.33. The van der Waals surface area contributed by atoms with Gasteiger partial charge in [-0.05, 0) is 25.0 Å². The summed E-state index contributed by atoms with van der Waals surface area (Å²) in [5, 5.41) is 2.62. The number of benzene rings is 1. The third-order valence-corrected chi connectivity index (χ3v) is 3.06. The van der Waals surface area contributed by atoms with E-state index in [9.17, 15) is 9.59 Å². The second kappa shape index (κ2) is 4.57. The average molecular weight is 232 g/mol. The van der Waals surface area contributed by atoms with Crippen molar-refractivity contribution in [2.75, 3.05) is 11.4 Å². The first kappa shape index (κ1) is 11.6. The molecule has 1 saturated heterocycles. The van der Waals surface area contributed by atoms with Gasteiger partial charge >= 0.3 is 0 Å². The molecule has 0 radical (unpaired) electrons. The highest BCUT2D eigenvalue weighted by Gasteiger charge is 2.34. The topological polar surface area (TPSA) is 49.4 Å². The second-order valence-corrected chi connectivity index (χ2v) is 4.19. The van der Waals surface area contributed by atoms with Gasteiger partial charge in [-0.1, -0.05) is 25.1 Å². The highest BCUT2D eigenvalue weighted by molar-refractivity contribution is 6.06. The number of carbonyl (C=O) groups is 2. The van der Waals surface area contributed by atoms with Crippen LogP contribution in [0, 0.1) is 6.92 Å². The van der Waals surface area contributed by atoms with Crippen molar-refractivity contribution >= 4 is 17.5 Å². The lowest BCUT2D eigenvalue weighted by Crippen LogP contribution is -2.58. The zero-order chi connectivity index (χ0) is 12.4. The molecule has 0 aliphatic carbocycles. The predicted molar refractivity (Wildman–Crippen MR) is 65.8 cm³/mol. The monoisotopic (exact) mass is 232 g/mol. The number of rotatable bonds is 2. The van der Waals surface area contributed by atoms with Crippen LogP contribution < -0.4 is 10.2 Å². The molecule has 4 nitrogen and oxygen atoms in total. The van der Waals surface area contributed by atoms with Crippen LogP contribution in [-0.2, 0) is 9.59 Å². The fourth-order valence-electron chi connectivity index (χ4n) is 2.16. The molecule has 1 atom stereocenters. The number of anilines is 1. The van der Waals surface area contributed by atoms with E-state index in [-0.39, 0.29) is 18.4 Å². The minimum absolute atomic E-state index is 0.0502. The SMILES string of the molecule is CCC1C(=O)NCC(=O)N1c1ccccc1C. The Labute approximate surface area is 101 Å². The number of nitrogens with one attached hydrogen (secondary N) is 1. The van der Waals surface area contributed by atoms with Crippen LogP contribution >= 0.6 is 0 Å². The quantitative estimate of drug-likeness (QED) is 0.834. The first-order chi connectivity index (χ1) is 8.15. The van der Waals surface area contributed by atoms with Crippen molar-refractivity contribution < 1.29 is 9.59 Å². The maximum atomic E-state index is 12.0. The highest BCUT2D eigenvalue weighted by Crippen LogP contribution is 2.24. The van der Waals surface area contributed by atoms with Gasteiger partial charge in [0.2, 0.25) is 11.8 Å². The first-order valence-electron chi connectivity index (χ1n) is 5.80. The first-order valence-corrected chi connectivity index (χ1v) is 5.80. The molecule has 1 aliphatic heterocycles. The van der Waals surface area contributed by atoms with Crippen LogP contribution in [-0.4, -0.2) is 24.4 Å². The zero-order valence-electron chi connectivity index (χ0n) is 10.1. The summed E-state index contributed by atoms with van der Waals surface area (Å²) in [5.74, 6) is -0.124. The standard InChI is InChI=1S/C13H16N2O2/c1-3-10-13(17)14-8-12(16)15(10)11-7-5-4-6-9(11)2/h4-7,10H,3,8H2,1-2H3,(H,14,17). The number of aryl methyl sites for hydroxylation is 1. The maximum absolute atomic E-state index is 12.0. The van der Waals surface area contributed by atoms with Crippen molar-refractivity contribution in [1.82, 2.24) is 5.32 Å². The summed E-state index contributed by atoms with van der Waals surface area (Å²) in [6.07, 6.45) is 0.617. The van der Waals surface area contributed by atoms with Crippen LogP contribution in [0.15, 0.2) is 24.3 Å². The van der Waals surface area contributed by atoms with Gasteiger partial charge in [-0.15, -0.1) is 0 Å². The van der Waals surface area contributed by atoms with Gasteiger partial charge in [-0.3, -0.25) is 14.5 Å². The molecule has 1 N–H and O–H groups in total. The van der Waals surface area contributed by atoms with Crippen molar-refractivity contribution in [3.63, 3.8) is 0 Å². The van der Waals surface area contributed by atoms with E-state index in [1.165, 1.54) is 0 Å². The van der Waals surface area contributed by atoms with Gasteiger partial charge in [0.05, 0.1) is 6.54 Å². The Morgan fingerprint density at radius 3 is 2.71 bits per heavy atom. The number of para-hydroxylation sites is 1. The number of hydrogen-bond donors (Lipinski definition) is 1. The summed E-state index contributed by atoms with van der Waals surface area (Å²) in [5.41, 5.74) is 1.84. The van der Waals surface area contributed by atoms with E-state index < -0.39 is 6.04 Å². The van der Waals surface area contributed by atoms with Crippen molar-refractivity contribution in [3.8, 4) is 0 Å². The minimum atomic E-state index is -0.391. The molecule has 90 valence electrons. The fourth-order valence-corrected chi connectivity index (χ4v) is 2.16. The van der Waals surface area contributed by atoms with Gasteiger partial charge in [-0.25, -0.2) is 0 Å². The molecule has 0 aromatic heterocycles. The van der Waals surface area contributed by atoms with Crippen LogP contribution in [0.1, 0.15) is 18.9 Å². The van der Waals surface area contributed by atoms with Gasteiger partial charge in [0, 0.05) is 5.69 Å². The molecular formula is C13H16N2O2. The summed E-state index contributed by atoms with van der Waals surface area (Å²) >= 11 is 0. The molecule has 0 bridgehead atoms. The normalized spacial score (nSPS) is 20.4. The maximum Gasteiger partial charge on any atom is 0.247 e. The molecule has 1 aromatic carbocycles. The summed E-state index contributed by atoms with van der Waals surface area (Å²) in [6, 6.07) is 7.25. The number of hydrogen-bond acceptors (Lipinski definition) is 2. The van der Waals surface area contributed by atoms with E-state index in [2.05, 4.69) is 5.32 Å². The molecule has 17 heavy (non-hydrogen) atoms. The lowest BCUT2D eigenvalue weighted by Gasteiger charge is -2.35. The largest absolute Gasteiger partial charge is 0.345 e. The molecule has 1 fully saturated rings. The van der Waals surface area contributed by atoms with Gasteiger partial charge in [0.15, 0.2) is 0 Å². The predicted octanol–water partition coefficient (Wildman–Crippen LogP) is 1.24. The summed E-state index contributed by atoms with van der Waals surface area (Å²) in [6.45, 7) is 3.94. The van der Waals surface area contributed by atoms with Crippen molar-refractivity contribution in [2.45, 2.75) is 26.3 Å². The minimum Gasteiger partial charge on any atom is -0.345 e. The van der Waals surface area contributed by atoms with Crippen molar-refractivity contribution in [3.05, 3.63) is 29.8 Å². The van der Waals surface area contributed by atoms with Gasteiger partial charge < -0.3 is 5.32 Å². The smallest absolute Gasteiger partial charge is 0.247 e. The van der Waals surface area contributed by atoms with E-state index in [0.717, 1.165) is 11.3 Å². The number of piperazine rings is 1. The van der Waals surface area contributed by atoms with E-state index in [0.29, 0.717) is 6.42 Å². The molecule has 0 spiro atoms. The number of carbonyl (C=O) groups excluding carboxylic acids is 2. The molecule has 2 rings (SSSR count). The second-order valence-electron chi connectivity index (χ2n) is 4.19.